The predicted octanol–water partition coefficient (Wildman–Crippen LogP) is 5.11. The molecule has 0 N–H and O–H groups in total. The molecule has 2 rings (SSSR count). The van der Waals surface area contributed by atoms with Crippen molar-refractivity contribution in [3.05, 3.63) is 32.7 Å². The maximum Gasteiger partial charge on any atom is 0.410 e. The zero-order valence-electron chi connectivity index (χ0n) is 12.0. The maximum absolute atomic E-state index is 12.3. The molecule has 110 valence electrons. The second kappa shape index (κ2) is 6.06. The van der Waals surface area contributed by atoms with E-state index in [1.807, 2.05) is 43.9 Å². The number of rotatable bonds is 3. The highest BCUT2D eigenvalue weighted by Gasteiger charge is 2.35. The summed E-state index contributed by atoms with van der Waals surface area (Å²) in [5.74, 6) is 0. The fraction of sp³-hybridized carbons (Fsp3) is 0.533. The molecule has 1 aliphatic rings. The molecule has 1 aliphatic carbocycles. The van der Waals surface area contributed by atoms with E-state index in [4.69, 9.17) is 4.74 Å². The maximum atomic E-state index is 12.3. The van der Waals surface area contributed by atoms with Gasteiger partial charge in [-0.2, -0.15) is 0 Å². The zero-order valence-corrected chi connectivity index (χ0v) is 15.1. The molecule has 1 fully saturated rings. The summed E-state index contributed by atoms with van der Waals surface area (Å²) in [5, 5.41) is 0. The van der Waals surface area contributed by atoms with Gasteiger partial charge in [0.15, 0.2) is 0 Å². The van der Waals surface area contributed by atoms with Crippen molar-refractivity contribution >= 4 is 38.0 Å². The number of ether oxygens (including phenoxy) is 1. The third-order valence-electron chi connectivity index (χ3n) is 2.95. The number of hydrogen-bond donors (Lipinski definition) is 0. The molecule has 1 amide bonds. The van der Waals surface area contributed by atoms with E-state index in [0.29, 0.717) is 12.6 Å². The Morgan fingerprint density at radius 3 is 2.45 bits per heavy atom. The van der Waals surface area contributed by atoms with Crippen LogP contribution in [0.4, 0.5) is 4.79 Å². The first-order chi connectivity index (χ1) is 9.26. The van der Waals surface area contributed by atoms with E-state index in [1.165, 1.54) is 0 Å². The van der Waals surface area contributed by atoms with Crippen molar-refractivity contribution in [1.82, 2.24) is 4.90 Å². The summed E-state index contributed by atoms with van der Waals surface area (Å²) < 4.78 is 7.50. The molecule has 0 bridgehead atoms. The van der Waals surface area contributed by atoms with Crippen LogP contribution in [0.2, 0.25) is 0 Å². The summed E-state index contributed by atoms with van der Waals surface area (Å²) in [6.45, 7) is 6.27. The third kappa shape index (κ3) is 4.48. The number of carbonyl (C=O) groups excluding carboxylic acids is 1. The standard InChI is InChI=1S/C15H19Br2NO2/c1-15(2,3)20-14(19)18(11-5-6-11)9-10-4-7-12(16)13(17)8-10/h4,7-8,11H,5-6,9H2,1-3H3. The number of hydrogen-bond acceptors (Lipinski definition) is 2. The van der Waals surface area contributed by atoms with Gasteiger partial charge in [-0.05, 0) is 83.2 Å². The summed E-state index contributed by atoms with van der Waals surface area (Å²) in [6, 6.07) is 6.37. The topological polar surface area (TPSA) is 29.5 Å². The van der Waals surface area contributed by atoms with Crippen LogP contribution in [0.3, 0.4) is 0 Å². The van der Waals surface area contributed by atoms with Crippen molar-refractivity contribution in [3.63, 3.8) is 0 Å². The zero-order chi connectivity index (χ0) is 14.9. The monoisotopic (exact) mass is 403 g/mol. The molecule has 0 spiro atoms. The average molecular weight is 405 g/mol. The molecule has 0 aliphatic heterocycles. The normalized spacial score (nSPS) is 15.1. The van der Waals surface area contributed by atoms with Gasteiger partial charge in [0, 0.05) is 21.5 Å². The Balaban J connectivity index is 2.09. The molecule has 3 nitrogen and oxygen atoms in total. The smallest absolute Gasteiger partial charge is 0.410 e. The van der Waals surface area contributed by atoms with Crippen LogP contribution in [0.1, 0.15) is 39.2 Å². The second-order valence-electron chi connectivity index (χ2n) is 6.09. The first-order valence-electron chi connectivity index (χ1n) is 6.70. The summed E-state index contributed by atoms with van der Waals surface area (Å²) in [5.41, 5.74) is 0.641. The lowest BCUT2D eigenvalue weighted by Gasteiger charge is -2.27. The van der Waals surface area contributed by atoms with Crippen molar-refractivity contribution in [1.29, 1.82) is 0 Å². The summed E-state index contributed by atoms with van der Waals surface area (Å²) in [7, 11) is 0. The van der Waals surface area contributed by atoms with Gasteiger partial charge >= 0.3 is 6.09 Å². The fourth-order valence-corrected chi connectivity index (χ4v) is 2.56. The lowest BCUT2D eigenvalue weighted by Crippen LogP contribution is -2.37. The molecular formula is C15H19Br2NO2. The van der Waals surface area contributed by atoms with Gasteiger partial charge in [0.1, 0.15) is 5.60 Å². The van der Waals surface area contributed by atoms with Gasteiger partial charge in [0.25, 0.3) is 0 Å². The van der Waals surface area contributed by atoms with E-state index in [0.717, 1.165) is 27.4 Å². The third-order valence-corrected chi connectivity index (χ3v) is 4.83. The largest absolute Gasteiger partial charge is 0.444 e. The Hall–Kier alpha value is -0.550. The number of benzene rings is 1. The Morgan fingerprint density at radius 2 is 1.95 bits per heavy atom. The van der Waals surface area contributed by atoms with Crippen molar-refractivity contribution < 1.29 is 9.53 Å². The van der Waals surface area contributed by atoms with Gasteiger partial charge in [-0.25, -0.2) is 4.79 Å². The predicted molar refractivity (Wildman–Crippen MR) is 86.6 cm³/mol. The number of amides is 1. The SMILES string of the molecule is CC(C)(C)OC(=O)N(Cc1ccc(Br)c(Br)c1)C1CC1. The van der Waals surface area contributed by atoms with Crippen molar-refractivity contribution in [2.75, 3.05) is 0 Å². The number of halogens is 2. The first kappa shape index (κ1) is 15.8. The number of nitrogens with zero attached hydrogens (tertiary/aromatic N) is 1. The van der Waals surface area contributed by atoms with Crippen LogP contribution in [0.5, 0.6) is 0 Å². The van der Waals surface area contributed by atoms with Crippen molar-refractivity contribution in [2.24, 2.45) is 0 Å². The van der Waals surface area contributed by atoms with E-state index in [-0.39, 0.29) is 6.09 Å². The van der Waals surface area contributed by atoms with Gasteiger partial charge in [0.2, 0.25) is 0 Å². The lowest BCUT2D eigenvalue weighted by atomic mass is 10.2. The van der Waals surface area contributed by atoms with Crippen LogP contribution < -0.4 is 0 Å². The van der Waals surface area contributed by atoms with E-state index in [1.54, 1.807) is 0 Å². The molecule has 0 atom stereocenters. The van der Waals surface area contributed by atoms with E-state index >= 15 is 0 Å². The molecular weight excluding hydrogens is 386 g/mol. The second-order valence-corrected chi connectivity index (χ2v) is 7.80. The summed E-state index contributed by atoms with van der Waals surface area (Å²) >= 11 is 6.95. The number of carbonyl (C=O) groups is 1. The average Bonchev–Trinajstić information content (AvgIpc) is 3.12. The molecule has 0 aromatic heterocycles. The quantitative estimate of drug-likeness (QED) is 0.700. The fourth-order valence-electron chi connectivity index (χ4n) is 1.88. The molecule has 0 saturated heterocycles. The van der Waals surface area contributed by atoms with Crippen molar-refractivity contribution in [2.45, 2.75) is 51.8 Å². The van der Waals surface area contributed by atoms with Gasteiger partial charge in [0.05, 0.1) is 0 Å². The van der Waals surface area contributed by atoms with Crippen LogP contribution in [-0.4, -0.2) is 22.6 Å². The molecule has 0 unspecified atom stereocenters. The first-order valence-corrected chi connectivity index (χ1v) is 8.28. The van der Waals surface area contributed by atoms with Crippen LogP contribution in [0, 0.1) is 0 Å². The Labute approximate surface area is 136 Å². The molecule has 5 heteroatoms. The molecule has 0 radical (unpaired) electrons. The van der Waals surface area contributed by atoms with E-state index in [2.05, 4.69) is 31.9 Å². The van der Waals surface area contributed by atoms with Crippen molar-refractivity contribution in [3.8, 4) is 0 Å². The highest BCUT2D eigenvalue weighted by atomic mass is 79.9. The molecule has 20 heavy (non-hydrogen) atoms. The van der Waals surface area contributed by atoms with Gasteiger partial charge in [-0.3, -0.25) is 0 Å². The molecule has 0 heterocycles. The molecule has 1 aromatic carbocycles. The highest BCUT2D eigenvalue weighted by Crippen LogP contribution is 2.31. The summed E-state index contributed by atoms with van der Waals surface area (Å²) in [6.07, 6.45) is 1.91. The van der Waals surface area contributed by atoms with Gasteiger partial charge in [-0.15, -0.1) is 0 Å². The Kier molecular flexibility index (Phi) is 4.80. The minimum absolute atomic E-state index is 0.223. The van der Waals surface area contributed by atoms with Crippen LogP contribution in [-0.2, 0) is 11.3 Å². The van der Waals surface area contributed by atoms with Crippen LogP contribution in [0.25, 0.3) is 0 Å². The van der Waals surface area contributed by atoms with Crippen LogP contribution in [0.15, 0.2) is 27.1 Å². The lowest BCUT2D eigenvalue weighted by molar-refractivity contribution is 0.0216. The highest BCUT2D eigenvalue weighted by molar-refractivity contribution is 9.13. The Bertz CT molecular complexity index is 507. The van der Waals surface area contributed by atoms with Gasteiger partial charge < -0.3 is 9.64 Å². The minimum atomic E-state index is -0.454. The summed E-state index contributed by atoms with van der Waals surface area (Å²) in [4.78, 5) is 14.1. The molecule has 1 saturated carbocycles. The minimum Gasteiger partial charge on any atom is -0.444 e. The van der Waals surface area contributed by atoms with E-state index in [9.17, 15) is 4.79 Å². The molecule has 1 aromatic rings. The Morgan fingerprint density at radius 1 is 1.30 bits per heavy atom. The van der Waals surface area contributed by atoms with Gasteiger partial charge in [-0.1, -0.05) is 6.07 Å². The van der Waals surface area contributed by atoms with Crippen LogP contribution >= 0.6 is 31.9 Å². The van der Waals surface area contributed by atoms with E-state index < -0.39 is 5.60 Å².